The Morgan fingerprint density at radius 2 is 1.88 bits per heavy atom. The number of rotatable bonds is 6. The average molecular weight is 463 g/mol. The number of amides is 3. The van der Waals surface area contributed by atoms with Gasteiger partial charge in [-0.05, 0) is 11.3 Å². The van der Waals surface area contributed by atoms with E-state index in [4.69, 9.17) is 0 Å². The van der Waals surface area contributed by atoms with Crippen LogP contribution in [0, 0.1) is 11.3 Å². The van der Waals surface area contributed by atoms with Crippen molar-refractivity contribution in [3.63, 3.8) is 0 Å². The van der Waals surface area contributed by atoms with Crippen LogP contribution in [0.5, 0.6) is 0 Å². The molecule has 0 aliphatic carbocycles. The van der Waals surface area contributed by atoms with Gasteiger partial charge < -0.3 is 5.32 Å². The molecule has 11 heteroatoms. The van der Waals surface area contributed by atoms with Crippen molar-refractivity contribution in [2.24, 2.45) is 18.4 Å². The second kappa shape index (κ2) is 9.05. The van der Waals surface area contributed by atoms with E-state index in [1.807, 2.05) is 34.6 Å². The number of thioether (sulfide) groups is 1. The van der Waals surface area contributed by atoms with E-state index in [2.05, 4.69) is 15.3 Å². The van der Waals surface area contributed by atoms with Gasteiger partial charge in [0.15, 0.2) is 5.65 Å². The number of hydrogen-bond acceptors (Lipinski definition) is 7. The monoisotopic (exact) mass is 462 g/mol. The zero-order chi connectivity index (χ0) is 23.8. The molecule has 174 valence electrons. The molecule has 1 aliphatic heterocycles. The van der Waals surface area contributed by atoms with E-state index in [1.54, 1.807) is 0 Å². The van der Waals surface area contributed by atoms with Gasteiger partial charge in [0, 0.05) is 33.1 Å². The van der Waals surface area contributed by atoms with E-state index >= 15 is 0 Å². The van der Waals surface area contributed by atoms with Gasteiger partial charge in [-0.15, -0.1) is 0 Å². The summed E-state index contributed by atoms with van der Waals surface area (Å²) in [5.74, 6) is 0.243. The topological polar surface area (TPSA) is 119 Å². The van der Waals surface area contributed by atoms with Crippen LogP contribution in [0.2, 0.25) is 0 Å². The zero-order valence-corrected chi connectivity index (χ0v) is 20.2. The van der Waals surface area contributed by atoms with Gasteiger partial charge in [-0.3, -0.25) is 23.6 Å². The van der Waals surface area contributed by atoms with Crippen molar-refractivity contribution in [1.29, 1.82) is 0 Å². The second-order valence-corrected chi connectivity index (χ2v) is 10.6. The molecule has 1 N–H and O–H groups in total. The molecule has 0 spiro atoms. The number of nitrogens with one attached hydrogen (secondary N) is 1. The van der Waals surface area contributed by atoms with Crippen LogP contribution in [0.4, 0.5) is 4.79 Å². The van der Waals surface area contributed by atoms with Gasteiger partial charge in [0.25, 0.3) is 5.56 Å². The van der Waals surface area contributed by atoms with Crippen LogP contribution in [0.1, 0.15) is 40.4 Å². The van der Waals surface area contributed by atoms with Crippen molar-refractivity contribution in [2.75, 3.05) is 18.8 Å². The maximum atomic E-state index is 13.1. The van der Waals surface area contributed by atoms with Crippen LogP contribution in [0.3, 0.4) is 0 Å². The molecule has 0 atom stereocenters. The van der Waals surface area contributed by atoms with Crippen molar-refractivity contribution in [2.45, 2.75) is 52.6 Å². The van der Waals surface area contributed by atoms with E-state index in [9.17, 15) is 19.2 Å². The Kier molecular flexibility index (Phi) is 6.77. The molecule has 3 amide bonds. The minimum atomic E-state index is -0.499. The van der Waals surface area contributed by atoms with Gasteiger partial charge in [0.1, 0.15) is 16.2 Å². The van der Waals surface area contributed by atoms with Gasteiger partial charge in [0.05, 0.1) is 5.75 Å². The highest BCUT2D eigenvalue weighted by molar-refractivity contribution is 8.00. The molecular formula is C21H30N6O4S. The molecule has 3 heterocycles. The van der Waals surface area contributed by atoms with Crippen molar-refractivity contribution in [1.82, 2.24) is 29.3 Å². The van der Waals surface area contributed by atoms with E-state index in [0.29, 0.717) is 36.9 Å². The third-order valence-corrected chi connectivity index (χ3v) is 5.88. The molecule has 1 saturated heterocycles. The fourth-order valence-electron chi connectivity index (χ4n) is 3.49. The lowest BCUT2D eigenvalue weighted by molar-refractivity contribution is -0.124. The summed E-state index contributed by atoms with van der Waals surface area (Å²) in [7, 11) is 1.43. The Morgan fingerprint density at radius 3 is 2.44 bits per heavy atom. The summed E-state index contributed by atoms with van der Waals surface area (Å²) in [4.78, 5) is 60.7. The first-order chi connectivity index (χ1) is 14.9. The molecule has 2 aromatic rings. The number of imide groups is 1. The number of carbonyl (C=O) groups excluding carboxylic acids is 2. The quantitative estimate of drug-likeness (QED) is 0.509. The van der Waals surface area contributed by atoms with E-state index in [-0.39, 0.29) is 34.0 Å². The molecule has 0 aromatic carbocycles. The van der Waals surface area contributed by atoms with E-state index < -0.39 is 17.3 Å². The average Bonchev–Trinajstić information content (AvgIpc) is 3.11. The largest absolute Gasteiger partial charge is 0.336 e. The van der Waals surface area contributed by atoms with Gasteiger partial charge in [-0.1, -0.05) is 46.4 Å². The van der Waals surface area contributed by atoms with Crippen LogP contribution >= 0.6 is 11.8 Å². The van der Waals surface area contributed by atoms with Crippen LogP contribution in [0.15, 0.2) is 14.6 Å². The van der Waals surface area contributed by atoms with Crippen molar-refractivity contribution >= 4 is 34.7 Å². The molecule has 1 aliphatic rings. The summed E-state index contributed by atoms with van der Waals surface area (Å²) in [6.07, 6.45) is 0.532. The summed E-state index contributed by atoms with van der Waals surface area (Å²) >= 11 is 1.09. The fourth-order valence-corrected chi connectivity index (χ4v) is 4.39. The summed E-state index contributed by atoms with van der Waals surface area (Å²) in [6, 6.07) is -0.418. The molecule has 0 unspecified atom stereocenters. The highest BCUT2D eigenvalue weighted by Gasteiger charge is 2.27. The molecular weight excluding hydrogens is 432 g/mol. The Morgan fingerprint density at radius 1 is 1.19 bits per heavy atom. The lowest BCUT2D eigenvalue weighted by Gasteiger charge is -2.19. The zero-order valence-electron chi connectivity index (χ0n) is 19.4. The fraction of sp³-hybridized carbons (Fsp3) is 0.619. The molecule has 2 aromatic heterocycles. The molecule has 32 heavy (non-hydrogen) atoms. The Bertz CT molecular complexity index is 1180. The molecule has 0 saturated carbocycles. The van der Waals surface area contributed by atoms with Crippen LogP contribution in [-0.2, 0) is 24.8 Å². The first-order valence-electron chi connectivity index (χ1n) is 10.6. The third kappa shape index (κ3) is 5.03. The Labute approximate surface area is 190 Å². The Balaban J connectivity index is 2.15. The normalized spacial score (nSPS) is 14.5. The lowest BCUT2D eigenvalue weighted by Crippen LogP contribution is -2.40. The summed E-state index contributed by atoms with van der Waals surface area (Å²) in [5, 5.41) is 3.17. The number of aromatic nitrogens is 4. The first kappa shape index (κ1) is 24.0. The van der Waals surface area contributed by atoms with Crippen LogP contribution in [-0.4, -0.2) is 54.8 Å². The minimum Gasteiger partial charge on any atom is -0.336 e. The maximum absolute atomic E-state index is 13.1. The molecule has 10 nitrogen and oxygen atoms in total. The van der Waals surface area contributed by atoms with Crippen LogP contribution < -0.4 is 16.6 Å². The Hall–Kier alpha value is -2.69. The number of hydrogen-bond donors (Lipinski definition) is 1. The smallest absolute Gasteiger partial charge is 0.332 e. The van der Waals surface area contributed by atoms with E-state index in [0.717, 1.165) is 21.2 Å². The van der Waals surface area contributed by atoms with Crippen LogP contribution in [0.25, 0.3) is 11.0 Å². The first-order valence-corrected chi connectivity index (χ1v) is 11.6. The van der Waals surface area contributed by atoms with Crippen molar-refractivity contribution in [3.05, 3.63) is 26.7 Å². The summed E-state index contributed by atoms with van der Waals surface area (Å²) in [6.45, 7) is 11.2. The van der Waals surface area contributed by atoms with Gasteiger partial charge >= 0.3 is 11.7 Å². The summed E-state index contributed by atoms with van der Waals surface area (Å²) < 4.78 is 2.56. The van der Waals surface area contributed by atoms with Gasteiger partial charge in [-0.2, -0.15) is 0 Å². The minimum absolute atomic E-state index is 0.0546. The highest BCUT2D eigenvalue weighted by atomic mass is 32.2. The molecule has 1 fully saturated rings. The maximum Gasteiger partial charge on any atom is 0.332 e. The molecule has 0 radical (unpaired) electrons. The predicted octanol–water partition coefficient (Wildman–Crippen LogP) is 1.38. The van der Waals surface area contributed by atoms with Crippen molar-refractivity contribution in [3.8, 4) is 0 Å². The molecule has 0 bridgehead atoms. The van der Waals surface area contributed by atoms with Gasteiger partial charge in [0.2, 0.25) is 5.91 Å². The lowest BCUT2D eigenvalue weighted by atomic mass is 9.92. The SMILES string of the molecule is CC(C)Cn1c(=O)n(C)c(=O)c2c(SCC(=O)N3CCNC3=O)nc(CC(C)(C)C)nc21. The highest BCUT2D eigenvalue weighted by Crippen LogP contribution is 2.26. The predicted molar refractivity (Wildman–Crippen MR) is 123 cm³/mol. The van der Waals surface area contributed by atoms with Crippen molar-refractivity contribution < 1.29 is 9.59 Å². The number of urea groups is 1. The number of carbonyl (C=O) groups is 2. The van der Waals surface area contributed by atoms with E-state index in [1.165, 1.54) is 11.6 Å². The summed E-state index contributed by atoms with van der Waals surface area (Å²) in [5.41, 5.74) is -0.768. The standard InChI is InChI=1S/C21H30N6O4S/c1-12(2)10-27-16-15(18(29)25(6)20(27)31)17(24-13(23-16)9-21(3,4)5)32-11-14(28)26-8-7-22-19(26)30/h12H,7-11H2,1-6H3,(H,22,30). The van der Waals surface area contributed by atoms with Gasteiger partial charge in [-0.25, -0.2) is 19.6 Å². The second-order valence-electron chi connectivity index (χ2n) is 9.60. The number of nitrogens with zero attached hydrogens (tertiary/aromatic N) is 5. The third-order valence-electron chi connectivity index (χ3n) is 4.92. The number of fused-ring (bicyclic) bond motifs is 1. The molecule has 3 rings (SSSR count).